The topological polar surface area (TPSA) is 81.1 Å². The van der Waals surface area contributed by atoms with Gasteiger partial charge in [-0.25, -0.2) is 19.7 Å². The number of carbonyl (C=O) groups is 1. The first-order chi connectivity index (χ1) is 12.7. The summed E-state index contributed by atoms with van der Waals surface area (Å²) in [6.07, 6.45) is 3.39. The third-order valence-electron chi connectivity index (χ3n) is 4.51. The molecular formula is C19H19N5O2. The fourth-order valence-corrected chi connectivity index (χ4v) is 3.01. The highest BCUT2D eigenvalue weighted by molar-refractivity contribution is 5.90. The number of carbonyl (C=O) groups excluding carboxylic acids is 1. The molecule has 1 fully saturated rings. The van der Waals surface area contributed by atoms with Crippen molar-refractivity contribution in [3.05, 3.63) is 53.6 Å². The van der Waals surface area contributed by atoms with Gasteiger partial charge >= 0.3 is 5.97 Å². The van der Waals surface area contributed by atoms with Crippen molar-refractivity contribution in [2.24, 2.45) is 0 Å². The van der Waals surface area contributed by atoms with Crippen LogP contribution in [0, 0.1) is 6.92 Å². The molecule has 0 atom stereocenters. The van der Waals surface area contributed by atoms with Gasteiger partial charge in [0.05, 0.1) is 34.6 Å². The number of para-hydroxylation sites is 2. The Morgan fingerprint density at radius 3 is 2.65 bits per heavy atom. The number of fused-ring (bicyclic) bond motifs is 1. The lowest BCUT2D eigenvalue weighted by Gasteiger charge is -2.38. The van der Waals surface area contributed by atoms with E-state index in [2.05, 4.69) is 19.9 Å². The summed E-state index contributed by atoms with van der Waals surface area (Å²) in [7, 11) is 0. The van der Waals surface area contributed by atoms with Crippen LogP contribution in [0.4, 0.5) is 5.95 Å². The van der Waals surface area contributed by atoms with Crippen molar-refractivity contribution in [1.29, 1.82) is 0 Å². The Hall–Kier alpha value is -3.09. The standard InChI is InChI=1S/C19H19N5O2/c1-3-26-18(25)14-8-21-19(22-12(14)2)24-10-13(11-24)17-9-20-15-6-4-5-7-16(15)23-17/h4-9,13H,3,10-11H2,1-2H3. The number of benzene rings is 1. The van der Waals surface area contributed by atoms with Gasteiger partial charge in [0.2, 0.25) is 5.95 Å². The maximum absolute atomic E-state index is 11.8. The Morgan fingerprint density at radius 2 is 1.92 bits per heavy atom. The summed E-state index contributed by atoms with van der Waals surface area (Å²) in [4.78, 5) is 31.9. The van der Waals surface area contributed by atoms with E-state index in [4.69, 9.17) is 9.72 Å². The molecule has 7 heteroatoms. The van der Waals surface area contributed by atoms with Crippen LogP contribution >= 0.6 is 0 Å². The summed E-state index contributed by atoms with van der Waals surface area (Å²) in [5, 5.41) is 0. The zero-order valence-corrected chi connectivity index (χ0v) is 14.7. The van der Waals surface area contributed by atoms with E-state index in [0.717, 1.165) is 29.8 Å². The normalized spacial score (nSPS) is 14.3. The molecule has 132 valence electrons. The second-order valence-corrected chi connectivity index (χ2v) is 6.28. The van der Waals surface area contributed by atoms with Gasteiger partial charge < -0.3 is 9.64 Å². The first-order valence-corrected chi connectivity index (χ1v) is 8.63. The minimum Gasteiger partial charge on any atom is -0.462 e. The van der Waals surface area contributed by atoms with Gasteiger partial charge in [0.15, 0.2) is 0 Å². The van der Waals surface area contributed by atoms with Crippen molar-refractivity contribution in [1.82, 2.24) is 19.9 Å². The Kier molecular flexibility index (Phi) is 4.20. The van der Waals surface area contributed by atoms with Crippen LogP contribution in [0.25, 0.3) is 11.0 Å². The molecule has 0 spiro atoms. The number of esters is 1. The average Bonchev–Trinajstić information content (AvgIpc) is 2.60. The van der Waals surface area contributed by atoms with Crippen LogP contribution in [-0.2, 0) is 4.74 Å². The zero-order chi connectivity index (χ0) is 18.1. The second kappa shape index (κ2) is 6.67. The van der Waals surface area contributed by atoms with Gasteiger partial charge in [0.25, 0.3) is 0 Å². The first kappa shape index (κ1) is 16.4. The molecule has 0 N–H and O–H groups in total. The van der Waals surface area contributed by atoms with E-state index in [9.17, 15) is 4.79 Å². The van der Waals surface area contributed by atoms with Gasteiger partial charge in [-0.2, -0.15) is 0 Å². The molecule has 3 aromatic rings. The minimum absolute atomic E-state index is 0.306. The average molecular weight is 349 g/mol. The SMILES string of the molecule is CCOC(=O)c1cnc(N2CC(c3cnc4ccccc4n3)C2)nc1C. The third-order valence-corrected chi connectivity index (χ3v) is 4.51. The van der Waals surface area contributed by atoms with Gasteiger partial charge in [-0.1, -0.05) is 12.1 Å². The number of hydrogen-bond acceptors (Lipinski definition) is 7. The molecule has 0 unspecified atom stereocenters. The van der Waals surface area contributed by atoms with Crippen molar-refractivity contribution in [3.63, 3.8) is 0 Å². The highest BCUT2D eigenvalue weighted by Crippen LogP contribution is 2.29. The van der Waals surface area contributed by atoms with E-state index in [-0.39, 0.29) is 5.97 Å². The first-order valence-electron chi connectivity index (χ1n) is 8.63. The van der Waals surface area contributed by atoms with E-state index in [1.165, 1.54) is 0 Å². The van der Waals surface area contributed by atoms with Crippen molar-refractivity contribution in [2.45, 2.75) is 19.8 Å². The molecule has 2 aromatic heterocycles. The van der Waals surface area contributed by atoms with E-state index in [1.807, 2.05) is 30.5 Å². The Labute approximate surface area is 151 Å². The minimum atomic E-state index is -0.385. The van der Waals surface area contributed by atoms with Gasteiger partial charge in [-0.15, -0.1) is 0 Å². The monoisotopic (exact) mass is 349 g/mol. The number of rotatable bonds is 4. The molecule has 7 nitrogen and oxygen atoms in total. The smallest absolute Gasteiger partial charge is 0.341 e. The lowest BCUT2D eigenvalue weighted by molar-refractivity contribution is 0.0524. The van der Waals surface area contributed by atoms with Gasteiger partial charge in [0, 0.05) is 31.4 Å². The molecule has 1 aromatic carbocycles. The molecule has 3 heterocycles. The Bertz CT molecular complexity index is 969. The van der Waals surface area contributed by atoms with Crippen LogP contribution in [0.3, 0.4) is 0 Å². The van der Waals surface area contributed by atoms with E-state index >= 15 is 0 Å². The second-order valence-electron chi connectivity index (χ2n) is 6.28. The molecule has 0 radical (unpaired) electrons. The van der Waals surface area contributed by atoms with Crippen molar-refractivity contribution >= 4 is 23.0 Å². The molecular weight excluding hydrogens is 330 g/mol. The Morgan fingerprint density at radius 1 is 1.15 bits per heavy atom. The highest BCUT2D eigenvalue weighted by atomic mass is 16.5. The van der Waals surface area contributed by atoms with Gasteiger partial charge in [-0.05, 0) is 26.0 Å². The van der Waals surface area contributed by atoms with Crippen LogP contribution in [0.1, 0.15) is 34.6 Å². The molecule has 1 aliphatic rings. The zero-order valence-electron chi connectivity index (χ0n) is 14.7. The number of aromatic nitrogens is 4. The summed E-state index contributed by atoms with van der Waals surface area (Å²) in [6, 6.07) is 7.86. The van der Waals surface area contributed by atoms with E-state index < -0.39 is 0 Å². The molecule has 1 aliphatic heterocycles. The molecule has 4 rings (SSSR count). The quantitative estimate of drug-likeness (QED) is 0.669. The molecule has 26 heavy (non-hydrogen) atoms. The Balaban J connectivity index is 1.47. The van der Waals surface area contributed by atoms with Crippen LogP contribution in [0.15, 0.2) is 36.7 Å². The largest absolute Gasteiger partial charge is 0.462 e. The van der Waals surface area contributed by atoms with Crippen molar-refractivity contribution in [3.8, 4) is 0 Å². The van der Waals surface area contributed by atoms with Crippen LogP contribution in [0.2, 0.25) is 0 Å². The fourth-order valence-electron chi connectivity index (χ4n) is 3.01. The van der Waals surface area contributed by atoms with Crippen molar-refractivity contribution in [2.75, 3.05) is 24.6 Å². The molecule has 0 aliphatic carbocycles. The number of aryl methyl sites for hydroxylation is 1. The van der Waals surface area contributed by atoms with Gasteiger partial charge in [0.1, 0.15) is 0 Å². The van der Waals surface area contributed by atoms with Gasteiger partial charge in [-0.3, -0.25) is 4.98 Å². The summed E-state index contributed by atoms with van der Waals surface area (Å²) in [6.45, 7) is 5.47. The third kappa shape index (κ3) is 2.96. The predicted octanol–water partition coefficient (Wildman–Crippen LogP) is 2.51. The summed E-state index contributed by atoms with van der Waals surface area (Å²) < 4.78 is 5.01. The van der Waals surface area contributed by atoms with E-state index in [1.54, 1.807) is 20.0 Å². The predicted molar refractivity (Wildman–Crippen MR) is 97.2 cm³/mol. The highest BCUT2D eigenvalue weighted by Gasteiger charge is 2.31. The maximum Gasteiger partial charge on any atom is 0.341 e. The van der Waals surface area contributed by atoms with Crippen LogP contribution in [-0.4, -0.2) is 45.6 Å². The molecule has 0 bridgehead atoms. The number of anilines is 1. The number of ether oxygens (including phenoxy) is 1. The lowest BCUT2D eigenvalue weighted by Crippen LogP contribution is -2.46. The molecule has 0 amide bonds. The summed E-state index contributed by atoms with van der Waals surface area (Å²) in [5.41, 5.74) is 3.84. The number of hydrogen-bond donors (Lipinski definition) is 0. The van der Waals surface area contributed by atoms with E-state index in [0.29, 0.717) is 29.7 Å². The molecule has 0 saturated carbocycles. The lowest BCUT2D eigenvalue weighted by atomic mass is 9.97. The van der Waals surface area contributed by atoms with Crippen LogP contribution in [0.5, 0.6) is 0 Å². The van der Waals surface area contributed by atoms with Crippen molar-refractivity contribution < 1.29 is 9.53 Å². The summed E-state index contributed by atoms with van der Waals surface area (Å²) in [5.74, 6) is 0.547. The summed E-state index contributed by atoms with van der Waals surface area (Å²) >= 11 is 0. The fraction of sp³-hybridized carbons (Fsp3) is 0.316. The number of nitrogens with zero attached hydrogens (tertiary/aromatic N) is 5. The molecule has 1 saturated heterocycles. The maximum atomic E-state index is 11.8. The van der Waals surface area contributed by atoms with Crippen LogP contribution < -0.4 is 4.90 Å².